The summed E-state index contributed by atoms with van der Waals surface area (Å²) >= 11 is 6.85. The van der Waals surface area contributed by atoms with Gasteiger partial charge in [-0.25, -0.2) is 0 Å². The van der Waals surface area contributed by atoms with Crippen LogP contribution in [0.25, 0.3) is 0 Å². The van der Waals surface area contributed by atoms with Gasteiger partial charge in [-0.15, -0.1) is 0 Å². The molecule has 0 spiro atoms. The van der Waals surface area contributed by atoms with E-state index in [-0.39, 0.29) is 0 Å². The number of halogens is 2. The summed E-state index contributed by atoms with van der Waals surface area (Å²) in [6.45, 7) is 0.604. The van der Waals surface area contributed by atoms with Gasteiger partial charge in [0.05, 0.1) is 0 Å². The molecule has 0 aliphatic heterocycles. The lowest BCUT2D eigenvalue weighted by Gasteiger charge is -2.02. The molecule has 60 valence electrons. The molecule has 0 aromatic heterocycles. The molecule has 0 amide bonds. The average molecular weight is 279 g/mol. The zero-order valence-corrected chi connectivity index (χ0v) is 9.15. The molecule has 1 aromatic carbocycles. The van der Waals surface area contributed by atoms with Crippen LogP contribution >= 0.6 is 31.9 Å². The minimum atomic E-state index is 0.604. The smallest absolute Gasteiger partial charge is 0.0294 e. The van der Waals surface area contributed by atoms with Crippen molar-refractivity contribution >= 4 is 31.9 Å². The zero-order chi connectivity index (χ0) is 8.27. The second-order valence-corrected chi connectivity index (χ2v) is 3.68. The van der Waals surface area contributed by atoms with E-state index in [1.54, 1.807) is 0 Å². The number of alkyl halides is 1. The minimum absolute atomic E-state index is 0.604. The Labute approximate surface area is 83.2 Å². The summed E-state index contributed by atoms with van der Waals surface area (Å²) in [5.41, 5.74) is 7.91. The van der Waals surface area contributed by atoms with Crippen LogP contribution in [0.2, 0.25) is 0 Å². The molecule has 0 heterocycles. The molecule has 11 heavy (non-hydrogen) atoms. The summed E-state index contributed by atoms with van der Waals surface area (Å²) < 4.78 is 1.13. The Morgan fingerprint density at radius 3 is 2.64 bits per heavy atom. The van der Waals surface area contributed by atoms with Crippen LogP contribution in [0.15, 0.2) is 22.7 Å². The maximum absolute atomic E-state index is 5.49. The first-order chi connectivity index (χ1) is 5.27. The molecule has 1 aromatic rings. The normalized spacial score (nSPS) is 10.1. The fraction of sp³-hybridized carbons (Fsp3) is 0.250. The van der Waals surface area contributed by atoms with Crippen molar-refractivity contribution in [2.24, 2.45) is 5.73 Å². The summed E-state index contributed by atoms with van der Waals surface area (Å²) in [6.07, 6.45) is 0. The lowest BCUT2D eigenvalue weighted by Crippen LogP contribution is -1.96. The van der Waals surface area contributed by atoms with Gasteiger partial charge in [-0.1, -0.05) is 44.0 Å². The van der Waals surface area contributed by atoms with Crippen LogP contribution in [-0.4, -0.2) is 0 Å². The van der Waals surface area contributed by atoms with E-state index in [4.69, 9.17) is 5.73 Å². The highest BCUT2D eigenvalue weighted by Gasteiger charge is 1.98. The first-order valence-electron chi connectivity index (χ1n) is 3.31. The molecule has 0 aliphatic rings. The lowest BCUT2D eigenvalue weighted by atomic mass is 10.1. The summed E-state index contributed by atoms with van der Waals surface area (Å²) in [6, 6.07) is 6.15. The third-order valence-electron chi connectivity index (χ3n) is 1.49. The van der Waals surface area contributed by atoms with Crippen molar-refractivity contribution in [3.05, 3.63) is 33.8 Å². The van der Waals surface area contributed by atoms with Crippen molar-refractivity contribution in [3.8, 4) is 0 Å². The molecule has 0 saturated heterocycles. The van der Waals surface area contributed by atoms with Crippen molar-refractivity contribution in [2.45, 2.75) is 11.9 Å². The summed E-state index contributed by atoms with van der Waals surface area (Å²) in [4.78, 5) is 0. The van der Waals surface area contributed by atoms with Crippen LogP contribution < -0.4 is 5.73 Å². The van der Waals surface area contributed by atoms with E-state index in [9.17, 15) is 0 Å². The van der Waals surface area contributed by atoms with Crippen molar-refractivity contribution in [1.29, 1.82) is 0 Å². The highest BCUT2D eigenvalue weighted by molar-refractivity contribution is 9.10. The topological polar surface area (TPSA) is 26.0 Å². The van der Waals surface area contributed by atoms with Crippen LogP contribution in [0.3, 0.4) is 0 Å². The molecule has 0 saturated carbocycles. The van der Waals surface area contributed by atoms with E-state index in [2.05, 4.69) is 37.9 Å². The Morgan fingerprint density at radius 2 is 2.09 bits per heavy atom. The second-order valence-electron chi connectivity index (χ2n) is 2.26. The Bertz CT molecular complexity index is 248. The van der Waals surface area contributed by atoms with Gasteiger partial charge in [-0.05, 0) is 17.2 Å². The number of hydrogen-bond acceptors (Lipinski definition) is 1. The van der Waals surface area contributed by atoms with Crippen LogP contribution in [-0.2, 0) is 11.9 Å². The molecular formula is C8H9Br2N. The van der Waals surface area contributed by atoms with Gasteiger partial charge >= 0.3 is 0 Å². The molecular weight excluding hydrogens is 270 g/mol. The van der Waals surface area contributed by atoms with E-state index in [0.717, 1.165) is 9.80 Å². The summed E-state index contributed by atoms with van der Waals surface area (Å²) in [5, 5.41) is 0.863. The van der Waals surface area contributed by atoms with Gasteiger partial charge in [0, 0.05) is 16.3 Å². The molecule has 0 unspecified atom stereocenters. The fourth-order valence-corrected chi connectivity index (χ4v) is 2.08. The van der Waals surface area contributed by atoms with Gasteiger partial charge in [-0.3, -0.25) is 0 Å². The summed E-state index contributed by atoms with van der Waals surface area (Å²) in [5.74, 6) is 0. The predicted molar refractivity (Wildman–Crippen MR) is 54.7 cm³/mol. The van der Waals surface area contributed by atoms with Crippen LogP contribution in [0.1, 0.15) is 11.1 Å². The minimum Gasteiger partial charge on any atom is -0.326 e. The van der Waals surface area contributed by atoms with E-state index >= 15 is 0 Å². The van der Waals surface area contributed by atoms with Crippen LogP contribution in [0.4, 0.5) is 0 Å². The van der Waals surface area contributed by atoms with Gasteiger partial charge in [0.2, 0.25) is 0 Å². The molecule has 0 bridgehead atoms. The Hall–Kier alpha value is 0.140. The number of hydrogen-bond donors (Lipinski definition) is 1. The third-order valence-corrected chi connectivity index (χ3v) is 2.87. The highest BCUT2D eigenvalue weighted by atomic mass is 79.9. The summed E-state index contributed by atoms with van der Waals surface area (Å²) in [7, 11) is 0. The zero-order valence-electron chi connectivity index (χ0n) is 5.98. The Balaban J connectivity index is 3.02. The molecule has 3 heteroatoms. The molecule has 2 N–H and O–H groups in total. The molecule has 0 radical (unpaired) electrons. The molecule has 1 nitrogen and oxygen atoms in total. The third kappa shape index (κ3) is 2.29. The molecule has 0 fully saturated rings. The van der Waals surface area contributed by atoms with Crippen molar-refractivity contribution in [3.63, 3.8) is 0 Å². The lowest BCUT2D eigenvalue weighted by molar-refractivity contribution is 1.06. The van der Waals surface area contributed by atoms with Gasteiger partial charge in [-0.2, -0.15) is 0 Å². The Kier molecular flexibility index (Phi) is 3.55. The first kappa shape index (κ1) is 9.23. The highest BCUT2D eigenvalue weighted by Crippen LogP contribution is 2.20. The maximum Gasteiger partial charge on any atom is 0.0294 e. The molecule has 0 aliphatic carbocycles. The van der Waals surface area contributed by atoms with Gasteiger partial charge in [0.15, 0.2) is 0 Å². The van der Waals surface area contributed by atoms with E-state index < -0.39 is 0 Å². The molecule has 0 atom stereocenters. The van der Waals surface area contributed by atoms with Crippen molar-refractivity contribution < 1.29 is 0 Å². The van der Waals surface area contributed by atoms with Crippen LogP contribution in [0.5, 0.6) is 0 Å². The number of benzene rings is 1. The largest absolute Gasteiger partial charge is 0.326 e. The predicted octanol–water partition coefficient (Wildman–Crippen LogP) is 2.80. The van der Waals surface area contributed by atoms with E-state index in [0.29, 0.717) is 6.54 Å². The number of nitrogens with two attached hydrogens (primary N) is 1. The van der Waals surface area contributed by atoms with E-state index in [1.165, 1.54) is 11.1 Å². The van der Waals surface area contributed by atoms with Crippen LogP contribution in [0, 0.1) is 0 Å². The second kappa shape index (κ2) is 4.24. The van der Waals surface area contributed by atoms with E-state index in [1.807, 2.05) is 12.1 Å². The van der Waals surface area contributed by atoms with Gasteiger partial charge in [0.25, 0.3) is 0 Å². The van der Waals surface area contributed by atoms with Crippen molar-refractivity contribution in [2.75, 3.05) is 0 Å². The average Bonchev–Trinajstić information content (AvgIpc) is 2.05. The Morgan fingerprint density at radius 1 is 1.36 bits per heavy atom. The monoisotopic (exact) mass is 277 g/mol. The number of rotatable bonds is 2. The van der Waals surface area contributed by atoms with Gasteiger partial charge in [0.1, 0.15) is 0 Å². The maximum atomic E-state index is 5.49. The SMILES string of the molecule is NCc1ccc(Br)c(CBr)c1. The fourth-order valence-electron chi connectivity index (χ4n) is 0.857. The van der Waals surface area contributed by atoms with Crippen molar-refractivity contribution in [1.82, 2.24) is 0 Å². The van der Waals surface area contributed by atoms with Gasteiger partial charge < -0.3 is 5.73 Å². The first-order valence-corrected chi connectivity index (χ1v) is 5.22. The quantitative estimate of drug-likeness (QED) is 0.828. The standard InChI is InChI=1S/C8H9Br2N/c9-4-7-3-6(5-11)1-2-8(7)10/h1-3H,4-5,11H2. The molecule has 1 rings (SSSR count).